The van der Waals surface area contributed by atoms with Crippen LogP contribution in [-0.2, 0) is 4.74 Å². The van der Waals surface area contributed by atoms with Crippen molar-refractivity contribution in [1.82, 2.24) is 0 Å². The van der Waals surface area contributed by atoms with E-state index in [1.807, 2.05) is 13.8 Å². The van der Waals surface area contributed by atoms with Crippen molar-refractivity contribution < 1.29 is 25.2 Å². The zero-order valence-corrected chi connectivity index (χ0v) is 8.37. The second-order valence-corrected chi connectivity index (χ2v) is 4.05. The van der Waals surface area contributed by atoms with Gasteiger partial charge in [0.15, 0.2) is 6.29 Å². The number of ether oxygens (including phenoxy) is 1. The van der Waals surface area contributed by atoms with Crippen LogP contribution in [-0.4, -0.2) is 51.6 Å². The Bertz CT molecular complexity index is 184. The van der Waals surface area contributed by atoms with Crippen molar-refractivity contribution in [2.45, 2.75) is 38.4 Å². The SMILES string of the molecule is CC(C)C1C(O)[C@H](O)C(CO)O[C@@H]1O. The molecule has 0 aromatic heterocycles. The Morgan fingerprint density at radius 1 is 1.14 bits per heavy atom. The minimum absolute atomic E-state index is 0.00528. The number of hydrogen-bond donors (Lipinski definition) is 4. The zero-order valence-electron chi connectivity index (χ0n) is 8.37. The quantitative estimate of drug-likeness (QED) is 0.450. The highest BCUT2D eigenvalue weighted by Gasteiger charge is 2.44. The molecule has 3 unspecified atom stereocenters. The number of aliphatic hydroxyl groups excluding tert-OH is 4. The van der Waals surface area contributed by atoms with E-state index in [1.165, 1.54) is 0 Å². The molecule has 0 saturated carbocycles. The van der Waals surface area contributed by atoms with Gasteiger partial charge in [-0.2, -0.15) is 0 Å². The second-order valence-electron chi connectivity index (χ2n) is 4.05. The molecular formula is C9H18O5. The molecule has 1 heterocycles. The average molecular weight is 206 g/mol. The predicted molar refractivity (Wildman–Crippen MR) is 48.3 cm³/mol. The molecule has 5 nitrogen and oxygen atoms in total. The van der Waals surface area contributed by atoms with Crippen LogP contribution in [0.15, 0.2) is 0 Å². The molecule has 1 fully saturated rings. The van der Waals surface area contributed by atoms with Crippen LogP contribution in [0.5, 0.6) is 0 Å². The van der Waals surface area contributed by atoms with E-state index >= 15 is 0 Å². The first kappa shape index (κ1) is 11.9. The van der Waals surface area contributed by atoms with Crippen molar-refractivity contribution in [2.75, 3.05) is 6.61 Å². The van der Waals surface area contributed by atoms with Gasteiger partial charge in [-0.05, 0) is 5.92 Å². The highest BCUT2D eigenvalue weighted by atomic mass is 16.6. The Kier molecular flexibility index (Phi) is 3.86. The lowest BCUT2D eigenvalue weighted by Crippen LogP contribution is -2.56. The predicted octanol–water partition coefficient (Wildman–Crippen LogP) is -1.31. The fourth-order valence-electron chi connectivity index (χ4n) is 1.84. The maximum Gasteiger partial charge on any atom is 0.160 e. The molecule has 84 valence electrons. The highest BCUT2D eigenvalue weighted by molar-refractivity contribution is 4.89. The normalized spacial score (nSPS) is 44.4. The molecular weight excluding hydrogens is 188 g/mol. The molecule has 0 aromatic carbocycles. The van der Waals surface area contributed by atoms with Crippen molar-refractivity contribution in [3.63, 3.8) is 0 Å². The van der Waals surface area contributed by atoms with Crippen LogP contribution in [0.3, 0.4) is 0 Å². The Balaban J connectivity index is 2.74. The summed E-state index contributed by atoms with van der Waals surface area (Å²) in [4.78, 5) is 0. The Morgan fingerprint density at radius 2 is 1.71 bits per heavy atom. The van der Waals surface area contributed by atoms with Gasteiger partial charge in [-0.1, -0.05) is 13.8 Å². The molecule has 0 spiro atoms. The lowest BCUT2D eigenvalue weighted by atomic mass is 9.83. The molecule has 0 aliphatic carbocycles. The molecule has 1 aliphatic rings. The summed E-state index contributed by atoms with van der Waals surface area (Å²) in [7, 11) is 0. The van der Waals surface area contributed by atoms with Gasteiger partial charge in [0.1, 0.15) is 12.2 Å². The maximum absolute atomic E-state index is 9.68. The third-order valence-electron chi connectivity index (χ3n) is 2.72. The summed E-state index contributed by atoms with van der Waals surface area (Å²) in [5, 5.41) is 37.5. The molecule has 0 bridgehead atoms. The van der Waals surface area contributed by atoms with E-state index in [2.05, 4.69) is 0 Å². The highest BCUT2D eigenvalue weighted by Crippen LogP contribution is 2.30. The maximum atomic E-state index is 9.68. The standard InChI is InChI=1S/C9H18O5/c1-4(2)6-8(12)7(11)5(3-10)14-9(6)13/h4-13H,3H2,1-2H3/t5?,6?,7-,8?,9+/m1/s1. The molecule has 14 heavy (non-hydrogen) atoms. The van der Waals surface area contributed by atoms with Gasteiger partial charge >= 0.3 is 0 Å². The van der Waals surface area contributed by atoms with Crippen LogP contribution in [0.4, 0.5) is 0 Å². The third-order valence-corrected chi connectivity index (χ3v) is 2.72. The number of hydrogen-bond acceptors (Lipinski definition) is 5. The summed E-state index contributed by atoms with van der Waals surface area (Å²) in [6.45, 7) is 3.24. The smallest absolute Gasteiger partial charge is 0.160 e. The molecule has 4 N–H and O–H groups in total. The summed E-state index contributed by atoms with van der Waals surface area (Å²) in [5.74, 6) is -0.526. The van der Waals surface area contributed by atoms with Crippen LogP contribution in [0.2, 0.25) is 0 Å². The summed E-state index contributed by atoms with van der Waals surface area (Å²) < 4.78 is 4.99. The lowest BCUT2D eigenvalue weighted by Gasteiger charge is -2.41. The lowest BCUT2D eigenvalue weighted by molar-refractivity contribution is -0.277. The Labute approximate surface area is 82.9 Å². The van der Waals surface area contributed by atoms with Crippen molar-refractivity contribution in [1.29, 1.82) is 0 Å². The van der Waals surface area contributed by atoms with Gasteiger partial charge < -0.3 is 25.2 Å². The molecule has 1 saturated heterocycles. The first-order chi connectivity index (χ1) is 6.49. The molecule has 1 rings (SSSR count). The summed E-state index contributed by atoms with van der Waals surface area (Å²) >= 11 is 0. The molecule has 1 aliphatic heterocycles. The molecule has 5 heteroatoms. The molecule has 0 aromatic rings. The fourth-order valence-corrected chi connectivity index (χ4v) is 1.84. The summed E-state index contributed by atoms with van der Waals surface area (Å²) in [5.41, 5.74) is 0. The minimum atomic E-state index is -1.14. The van der Waals surface area contributed by atoms with Gasteiger partial charge in [0.05, 0.1) is 12.7 Å². The topological polar surface area (TPSA) is 90.2 Å². The summed E-state index contributed by atoms with van der Waals surface area (Å²) in [6, 6.07) is 0. The van der Waals surface area contributed by atoms with E-state index in [0.717, 1.165) is 0 Å². The van der Waals surface area contributed by atoms with Crippen LogP contribution < -0.4 is 0 Å². The van der Waals surface area contributed by atoms with Gasteiger partial charge in [0.25, 0.3) is 0 Å². The number of aliphatic hydroxyl groups is 4. The van der Waals surface area contributed by atoms with Gasteiger partial charge in [0, 0.05) is 5.92 Å². The van der Waals surface area contributed by atoms with Crippen LogP contribution in [0.1, 0.15) is 13.8 Å². The minimum Gasteiger partial charge on any atom is -0.394 e. The largest absolute Gasteiger partial charge is 0.394 e. The third kappa shape index (κ3) is 2.07. The number of rotatable bonds is 2. The van der Waals surface area contributed by atoms with Crippen molar-refractivity contribution in [2.24, 2.45) is 11.8 Å². The van der Waals surface area contributed by atoms with E-state index in [9.17, 15) is 15.3 Å². The van der Waals surface area contributed by atoms with Crippen molar-refractivity contribution >= 4 is 0 Å². The molecule has 0 amide bonds. The molecule has 0 radical (unpaired) electrons. The van der Waals surface area contributed by atoms with E-state index in [1.54, 1.807) is 0 Å². The van der Waals surface area contributed by atoms with Crippen LogP contribution >= 0.6 is 0 Å². The van der Waals surface area contributed by atoms with Crippen molar-refractivity contribution in [3.05, 3.63) is 0 Å². The van der Waals surface area contributed by atoms with E-state index in [-0.39, 0.29) is 5.92 Å². The van der Waals surface area contributed by atoms with Gasteiger partial charge in [-0.25, -0.2) is 0 Å². The first-order valence-corrected chi connectivity index (χ1v) is 4.79. The average Bonchev–Trinajstić information content (AvgIpc) is 2.10. The second kappa shape index (κ2) is 4.55. The first-order valence-electron chi connectivity index (χ1n) is 4.79. The summed E-state index contributed by atoms with van der Waals surface area (Å²) in [6.07, 6.45) is -4.24. The van der Waals surface area contributed by atoms with E-state index < -0.39 is 37.1 Å². The van der Waals surface area contributed by atoms with Crippen LogP contribution in [0.25, 0.3) is 0 Å². The molecule has 5 atom stereocenters. The van der Waals surface area contributed by atoms with E-state index in [4.69, 9.17) is 9.84 Å². The van der Waals surface area contributed by atoms with Gasteiger partial charge in [-0.3, -0.25) is 0 Å². The Morgan fingerprint density at radius 3 is 2.14 bits per heavy atom. The Hall–Kier alpha value is -0.200. The van der Waals surface area contributed by atoms with E-state index in [0.29, 0.717) is 0 Å². The monoisotopic (exact) mass is 206 g/mol. The zero-order chi connectivity index (χ0) is 10.9. The van der Waals surface area contributed by atoms with Crippen molar-refractivity contribution in [3.8, 4) is 0 Å². The fraction of sp³-hybridized carbons (Fsp3) is 1.00. The van der Waals surface area contributed by atoms with Gasteiger partial charge in [0.2, 0.25) is 0 Å². The van der Waals surface area contributed by atoms with Crippen LogP contribution in [0, 0.1) is 11.8 Å². The van der Waals surface area contributed by atoms with Gasteiger partial charge in [-0.15, -0.1) is 0 Å².